The third kappa shape index (κ3) is 8.78. The van der Waals surface area contributed by atoms with E-state index in [4.69, 9.17) is 19.9 Å². The Hall–Kier alpha value is -11.3. The smallest absolute Gasteiger partial charge is 0.0780 e. The van der Waals surface area contributed by atoms with Crippen molar-refractivity contribution in [1.82, 2.24) is 29.9 Å². The Kier molecular flexibility index (Phi) is 11.8. The fraction of sp³-hybridized carbons (Fsp3) is 0. The largest absolute Gasteiger partial charge is 0.256 e. The Morgan fingerprint density at radius 1 is 0.190 bits per heavy atom. The van der Waals surface area contributed by atoms with Gasteiger partial charge in [0.2, 0.25) is 0 Å². The number of fused-ring (bicyclic) bond motifs is 11. The summed E-state index contributed by atoms with van der Waals surface area (Å²) in [6.45, 7) is 0. The lowest BCUT2D eigenvalue weighted by Crippen LogP contribution is -1.91. The lowest BCUT2D eigenvalue weighted by molar-refractivity contribution is 1.38. The molecular weight excluding hydrogens is 1020 g/mol. The zero-order valence-electron chi connectivity index (χ0n) is 45.4. The summed E-state index contributed by atoms with van der Waals surface area (Å²) in [6, 6.07) is 97.9. The van der Waals surface area contributed by atoms with Crippen LogP contribution in [0.15, 0.2) is 291 Å². The van der Waals surface area contributed by atoms with Gasteiger partial charge >= 0.3 is 0 Å². The molecule has 0 atom stereocenters. The van der Waals surface area contributed by atoms with Crippen LogP contribution in [0.1, 0.15) is 0 Å². The van der Waals surface area contributed by atoms with E-state index in [1.807, 2.05) is 30.6 Å². The predicted octanol–water partition coefficient (Wildman–Crippen LogP) is 20.1. The highest BCUT2D eigenvalue weighted by Crippen LogP contribution is 2.38. The number of nitrogens with zero attached hydrogens (tertiary/aromatic N) is 6. The lowest BCUT2D eigenvalue weighted by atomic mass is 9.97. The second-order valence-electron chi connectivity index (χ2n) is 21.4. The summed E-state index contributed by atoms with van der Waals surface area (Å²) in [4.78, 5) is 29.9. The van der Waals surface area contributed by atoms with Gasteiger partial charge in [-0.15, -0.1) is 0 Å². The summed E-state index contributed by atoms with van der Waals surface area (Å²) < 4.78 is 0. The fourth-order valence-electron chi connectivity index (χ4n) is 12.1. The molecule has 0 spiro atoms. The number of rotatable bonds is 6. The molecule has 6 heterocycles. The van der Waals surface area contributed by atoms with Gasteiger partial charge in [0.15, 0.2) is 0 Å². The monoisotopic (exact) mass is 1070 g/mol. The number of hydrogen-bond donors (Lipinski definition) is 0. The zero-order valence-corrected chi connectivity index (χ0v) is 45.4. The molecule has 0 aliphatic carbocycles. The van der Waals surface area contributed by atoms with Crippen LogP contribution in [0.5, 0.6) is 0 Å². The average molecular weight is 1070 g/mol. The quantitative estimate of drug-likeness (QED) is 0.154. The maximum absolute atomic E-state index is 5.19. The molecule has 6 aromatic heterocycles. The van der Waals surface area contributed by atoms with E-state index in [2.05, 4.69) is 271 Å². The van der Waals surface area contributed by atoms with Crippen LogP contribution in [0.2, 0.25) is 0 Å². The van der Waals surface area contributed by atoms with Crippen molar-refractivity contribution in [1.29, 1.82) is 0 Å². The molecule has 0 radical (unpaired) electrons. The highest BCUT2D eigenvalue weighted by molar-refractivity contribution is 6.13. The molecular formula is C78H48N6. The van der Waals surface area contributed by atoms with E-state index in [-0.39, 0.29) is 0 Å². The van der Waals surface area contributed by atoms with Crippen LogP contribution in [0.25, 0.3) is 165 Å². The highest BCUT2D eigenvalue weighted by Gasteiger charge is 2.15. The van der Waals surface area contributed by atoms with Crippen molar-refractivity contribution in [3.8, 4) is 67.3 Å². The minimum Gasteiger partial charge on any atom is -0.256 e. The lowest BCUT2D eigenvalue weighted by Gasteiger charge is -2.11. The van der Waals surface area contributed by atoms with Crippen LogP contribution in [0.4, 0.5) is 0 Å². The van der Waals surface area contributed by atoms with Gasteiger partial charge in [-0.3, -0.25) is 9.97 Å². The van der Waals surface area contributed by atoms with Crippen LogP contribution >= 0.6 is 0 Å². The highest BCUT2D eigenvalue weighted by atomic mass is 14.7. The van der Waals surface area contributed by atoms with Crippen molar-refractivity contribution in [3.63, 3.8) is 0 Å². The molecule has 6 nitrogen and oxygen atoms in total. The van der Waals surface area contributed by atoms with Gasteiger partial charge in [0.05, 0.1) is 55.9 Å². The first kappa shape index (κ1) is 48.6. The summed E-state index contributed by atoms with van der Waals surface area (Å²) in [5, 5.41) is 13.7. The maximum Gasteiger partial charge on any atom is 0.0780 e. The Balaban J connectivity index is 0.000000138. The van der Waals surface area contributed by atoms with Crippen molar-refractivity contribution < 1.29 is 0 Å². The molecule has 11 aromatic carbocycles. The first-order valence-corrected chi connectivity index (χ1v) is 28.3. The van der Waals surface area contributed by atoms with Crippen molar-refractivity contribution in [2.45, 2.75) is 0 Å². The van der Waals surface area contributed by atoms with E-state index in [1.54, 1.807) is 0 Å². The third-order valence-corrected chi connectivity index (χ3v) is 16.3. The summed E-state index contributed by atoms with van der Waals surface area (Å²) in [5.74, 6) is 0. The van der Waals surface area contributed by atoms with E-state index < -0.39 is 0 Å². The fourth-order valence-corrected chi connectivity index (χ4v) is 12.1. The molecule has 0 aliphatic rings. The maximum atomic E-state index is 5.19. The van der Waals surface area contributed by atoms with Crippen molar-refractivity contribution >= 4 is 97.7 Å². The predicted molar refractivity (Wildman–Crippen MR) is 350 cm³/mol. The second kappa shape index (κ2) is 20.3. The summed E-state index contributed by atoms with van der Waals surface area (Å²) in [5.41, 5.74) is 18.7. The Labute approximate surface area is 483 Å². The molecule has 17 aromatic rings. The summed E-state index contributed by atoms with van der Waals surface area (Å²) in [6.07, 6.45) is 3.71. The summed E-state index contributed by atoms with van der Waals surface area (Å²) in [7, 11) is 0. The molecule has 84 heavy (non-hydrogen) atoms. The first-order chi connectivity index (χ1) is 41.6. The van der Waals surface area contributed by atoms with Gasteiger partial charge in [0, 0.05) is 77.7 Å². The third-order valence-electron chi connectivity index (χ3n) is 16.3. The molecule has 390 valence electrons. The number of pyridine rings is 6. The van der Waals surface area contributed by atoms with E-state index in [9.17, 15) is 0 Å². The molecule has 17 rings (SSSR count). The van der Waals surface area contributed by atoms with Crippen LogP contribution in [-0.2, 0) is 0 Å². The number of benzene rings is 11. The number of hydrogen-bond acceptors (Lipinski definition) is 6. The molecule has 6 heteroatoms. The molecule has 0 saturated heterocycles. The topological polar surface area (TPSA) is 77.3 Å². The molecule has 0 aliphatic heterocycles. The Morgan fingerprint density at radius 3 is 1.11 bits per heavy atom. The van der Waals surface area contributed by atoms with Gasteiger partial charge in [-0.05, 0) is 117 Å². The van der Waals surface area contributed by atoms with Gasteiger partial charge in [0.25, 0.3) is 0 Å². The zero-order chi connectivity index (χ0) is 55.5. The second-order valence-corrected chi connectivity index (χ2v) is 21.4. The minimum absolute atomic E-state index is 0.934. The van der Waals surface area contributed by atoms with Crippen LogP contribution < -0.4 is 0 Å². The SMILES string of the molecule is c1ccc(-c2ccc3ccc(-c4ccc5ccc(-c6cc7cccnc7c7ccccc67)nc5c4)nc3c2)cc1.c1ccc2c(-c3ccc4ccc(-c5ccc6ccc(-c7cc8cccnc8c8ccccc78)nc6c5)nc4c3)cccc2c1. The standard InChI is InChI=1S/C41H25N3.C37H23N3/c1-2-10-32-26(7-1)8-5-13-33(32)29-16-14-27-18-20-37(43-39(27)24-29)30-17-15-28-19-21-38(44-40(28)25-30)36-23-31-9-6-22-42-41(31)35-12-4-3-11-34(35)36;1-2-7-24(8-3-1)27-14-12-25-16-18-33(39-35(25)22-27)28-15-13-26-17-19-34(40-36(26)23-28)32-21-29-9-6-20-38-37(29)31-11-5-4-10-30(31)32/h1-25H;1-23H. The molecule has 0 N–H and O–H groups in total. The normalized spacial score (nSPS) is 11.6. The first-order valence-electron chi connectivity index (χ1n) is 28.3. The summed E-state index contributed by atoms with van der Waals surface area (Å²) >= 11 is 0. The number of aromatic nitrogens is 6. The van der Waals surface area contributed by atoms with Gasteiger partial charge < -0.3 is 0 Å². The molecule has 0 unspecified atom stereocenters. The molecule has 0 saturated carbocycles. The Bertz CT molecular complexity index is 5460. The van der Waals surface area contributed by atoms with Gasteiger partial charge in [0.1, 0.15) is 0 Å². The van der Waals surface area contributed by atoms with Crippen LogP contribution in [0, 0.1) is 0 Å². The van der Waals surface area contributed by atoms with Crippen molar-refractivity contribution in [2.24, 2.45) is 0 Å². The van der Waals surface area contributed by atoms with E-state index in [1.165, 1.54) is 33.0 Å². The average Bonchev–Trinajstić information content (AvgIpc) is 3.68. The Morgan fingerprint density at radius 2 is 0.571 bits per heavy atom. The van der Waals surface area contributed by atoms with Crippen LogP contribution in [-0.4, -0.2) is 29.9 Å². The van der Waals surface area contributed by atoms with Gasteiger partial charge in [-0.2, -0.15) is 0 Å². The van der Waals surface area contributed by atoms with Gasteiger partial charge in [-0.25, -0.2) is 19.9 Å². The van der Waals surface area contributed by atoms with E-state index >= 15 is 0 Å². The van der Waals surface area contributed by atoms with Gasteiger partial charge in [-0.1, -0.05) is 206 Å². The van der Waals surface area contributed by atoms with E-state index in [0.29, 0.717) is 0 Å². The molecule has 0 bridgehead atoms. The minimum atomic E-state index is 0.934. The van der Waals surface area contributed by atoms with Crippen molar-refractivity contribution in [3.05, 3.63) is 291 Å². The molecule has 0 fully saturated rings. The van der Waals surface area contributed by atoms with Crippen LogP contribution in [0.3, 0.4) is 0 Å². The van der Waals surface area contributed by atoms with E-state index in [0.717, 1.165) is 132 Å². The molecule has 0 amide bonds. The van der Waals surface area contributed by atoms with Crippen molar-refractivity contribution in [2.75, 3.05) is 0 Å².